The van der Waals surface area contributed by atoms with E-state index in [-0.39, 0.29) is 5.91 Å². The Labute approximate surface area is 118 Å². The Morgan fingerprint density at radius 2 is 2.00 bits per heavy atom. The largest absolute Gasteiger partial charge is 0.359 e. The van der Waals surface area contributed by atoms with E-state index < -0.39 is 5.41 Å². The van der Waals surface area contributed by atoms with Crippen molar-refractivity contribution in [2.75, 3.05) is 13.6 Å². The smallest absolute Gasteiger partial charge is 0.226 e. The third kappa shape index (κ3) is 3.87. The molecule has 100 valence electrons. The zero-order chi connectivity index (χ0) is 13.8. The molecule has 0 aromatic heterocycles. The van der Waals surface area contributed by atoms with Gasteiger partial charge in [0.05, 0.1) is 15.5 Å². The molecule has 18 heavy (non-hydrogen) atoms. The minimum atomic E-state index is -0.459. The van der Waals surface area contributed by atoms with E-state index >= 15 is 0 Å². The molecule has 0 atom stereocenters. The van der Waals surface area contributed by atoms with Gasteiger partial charge >= 0.3 is 0 Å². The molecule has 0 aliphatic heterocycles. The first-order chi connectivity index (χ1) is 8.38. The standard InChI is InChI=1S/C13H18Cl2N2O/c1-13(2,12(18)16-3)8-17-7-9-5-4-6-10(14)11(9)15/h4-6,17H,7-8H2,1-3H3,(H,16,18). The van der Waals surface area contributed by atoms with E-state index in [9.17, 15) is 4.79 Å². The lowest BCUT2D eigenvalue weighted by molar-refractivity contribution is -0.128. The van der Waals surface area contributed by atoms with Crippen molar-refractivity contribution < 1.29 is 4.79 Å². The summed E-state index contributed by atoms with van der Waals surface area (Å²) in [6, 6.07) is 5.52. The molecule has 0 heterocycles. The molecule has 1 amide bonds. The molecule has 5 heteroatoms. The van der Waals surface area contributed by atoms with Crippen LogP contribution in [0.25, 0.3) is 0 Å². The average molecular weight is 289 g/mol. The number of nitrogens with one attached hydrogen (secondary N) is 2. The van der Waals surface area contributed by atoms with Crippen LogP contribution >= 0.6 is 23.2 Å². The fourth-order valence-electron chi connectivity index (χ4n) is 1.61. The second kappa shape index (κ2) is 6.41. The summed E-state index contributed by atoms with van der Waals surface area (Å²) in [5.74, 6) is 0.00666. The van der Waals surface area contributed by atoms with Crippen LogP contribution in [-0.2, 0) is 11.3 Å². The fraction of sp³-hybridized carbons (Fsp3) is 0.462. The van der Waals surface area contributed by atoms with Gasteiger partial charge in [0.25, 0.3) is 0 Å². The molecule has 0 saturated carbocycles. The number of halogens is 2. The Hall–Kier alpha value is -0.770. The minimum Gasteiger partial charge on any atom is -0.359 e. The van der Waals surface area contributed by atoms with Crippen molar-refractivity contribution in [2.45, 2.75) is 20.4 Å². The van der Waals surface area contributed by atoms with Gasteiger partial charge < -0.3 is 10.6 Å². The van der Waals surface area contributed by atoms with Crippen LogP contribution in [0.2, 0.25) is 10.0 Å². The first-order valence-corrected chi connectivity index (χ1v) is 6.50. The van der Waals surface area contributed by atoms with Crippen LogP contribution in [0.5, 0.6) is 0 Å². The predicted molar refractivity (Wildman–Crippen MR) is 76.0 cm³/mol. The predicted octanol–water partition coefficient (Wildman–Crippen LogP) is 2.86. The number of rotatable bonds is 5. The van der Waals surface area contributed by atoms with Crippen molar-refractivity contribution in [1.29, 1.82) is 0 Å². The Bertz CT molecular complexity index is 433. The number of amides is 1. The lowest BCUT2D eigenvalue weighted by Crippen LogP contribution is -2.41. The van der Waals surface area contributed by atoms with E-state index in [1.165, 1.54) is 0 Å². The number of benzene rings is 1. The van der Waals surface area contributed by atoms with E-state index in [0.717, 1.165) is 5.56 Å². The van der Waals surface area contributed by atoms with Crippen LogP contribution < -0.4 is 10.6 Å². The van der Waals surface area contributed by atoms with E-state index in [1.54, 1.807) is 13.1 Å². The molecule has 1 rings (SSSR count). The molecule has 0 saturated heterocycles. The summed E-state index contributed by atoms with van der Waals surface area (Å²) in [5, 5.41) is 6.97. The summed E-state index contributed by atoms with van der Waals surface area (Å²) >= 11 is 12.0. The fourth-order valence-corrected chi connectivity index (χ4v) is 2.00. The summed E-state index contributed by atoms with van der Waals surface area (Å²) in [4.78, 5) is 11.6. The highest BCUT2D eigenvalue weighted by Crippen LogP contribution is 2.25. The highest BCUT2D eigenvalue weighted by atomic mass is 35.5. The summed E-state index contributed by atoms with van der Waals surface area (Å²) in [6.45, 7) is 4.92. The number of hydrogen-bond donors (Lipinski definition) is 2. The van der Waals surface area contributed by atoms with Crippen molar-refractivity contribution >= 4 is 29.1 Å². The van der Waals surface area contributed by atoms with Crippen molar-refractivity contribution in [2.24, 2.45) is 5.41 Å². The van der Waals surface area contributed by atoms with Gasteiger partial charge in [-0.1, -0.05) is 35.3 Å². The first kappa shape index (κ1) is 15.3. The monoisotopic (exact) mass is 288 g/mol. The molecule has 1 aromatic carbocycles. The minimum absolute atomic E-state index is 0.00666. The van der Waals surface area contributed by atoms with Crippen molar-refractivity contribution in [3.8, 4) is 0 Å². The normalized spacial score (nSPS) is 11.4. The van der Waals surface area contributed by atoms with Gasteiger partial charge in [-0.25, -0.2) is 0 Å². The Morgan fingerprint density at radius 1 is 1.33 bits per heavy atom. The molecule has 0 unspecified atom stereocenters. The maximum atomic E-state index is 11.6. The number of carbonyl (C=O) groups is 1. The highest BCUT2D eigenvalue weighted by Gasteiger charge is 2.25. The van der Waals surface area contributed by atoms with Gasteiger partial charge in [-0.05, 0) is 25.5 Å². The first-order valence-electron chi connectivity index (χ1n) is 5.74. The van der Waals surface area contributed by atoms with Crippen LogP contribution in [0.1, 0.15) is 19.4 Å². The maximum absolute atomic E-state index is 11.6. The van der Waals surface area contributed by atoms with Crippen molar-refractivity contribution in [1.82, 2.24) is 10.6 Å². The van der Waals surface area contributed by atoms with E-state index in [4.69, 9.17) is 23.2 Å². The Kier molecular flexibility index (Phi) is 5.45. The zero-order valence-electron chi connectivity index (χ0n) is 10.8. The summed E-state index contributed by atoms with van der Waals surface area (Å²) in [5.41, 5.74) is 0.469. The van der Waals surface area contributed by atoms with Crippen LogP contribution in [0, 0.1) is 5.41 Å². The zero-order valence-corrected chi connectivity index (χ0v) is 12.3. The summed E-state index contributed by atoms with van der Waals surface area (Å²) < 4.78 is 0. The number of hydrogen-bond acceptors (Lipinski definition) is 2. The third-order valence-electron chi connectivity index (χ3n) is 2.76. The molecule has 1 aromatic rings. The Balaban J connectivity index is 2.57. The SMILES string of the molecule is CNC(=O)C(C)(C)CNCc1cccc(Cl)c1Cl. The number of carbonyl (C=O) groups excluding carboxylic acids is 1. The molecular weight excluding hydrogens is 271 g/mol. The topological polar surface area (TPSA) is 41.1 Å². The van der Waals surface area contributed by atoms with Crippen molar-refractivity contribution in [3.05, 3.63) is 33.8 Å². The van der Waals surface area contributed by atoms with Crippen LogP contribution in [0.3, 0.4) is 0 Å². The van der Waals surface area contributed by atoms with Gasteiger partial charge in [0.1, 0.15) is 0 Å². The lowest BCUT2D eigenvalue weighted by atomic mass is 9.92. The molecule has 0 radical (unpaired) electrons. The van der Waals surface area contributed by atoms with Crippen LogP contribution in [0.4, 0.5) is 0 Å². The quantitative estimate of drug-likeness (QED) is 0.875. The maximum Gasteiger partial charge on any atom is 0.226 e. The lowest BCUT2D eigenvalue weighted by Gasteiger charge is -2.23. The molecular formula is C13H18Cl2N2O. The van der Waals surface area contributed by atoms with Gasteiger partial charge in [0, 0.05) is 20.1 Å². The highest BCUT2D eigenvalue weighted by molar-refractivity contribution is 6.42. The molecule has 0 bridgehead atoms. The molecule has 0 fully saturated rings. The van der Waals surface area contributed by atoms with Gasteiger partial charge in [-0.2, -0.15) is 0 Å². The molecule has 0 aliphatic rings. The van der Waals surface area contributed by atoms with E-state index in [1.807, 2.05) is 26.0 Å². The Morgan fingerprint density at radius 3 is 2.61 bits per heavy atom. The van der Waals surface area contributed by atoms with E-state index in [0.29, 0.717) is 23.1 Å². The molecule has 0 aliphatic carbocycles. The third-order valence-corrected chi connectivity index (χ3v) is 3.61. The van der Waals surface area contributed by atoms with Crippen LogP contribution in [0.15, 0.2) is 18.2 Å². The molecule has 0 spiro atoms. The van der Waals surface area contributed by atoms with Crippen LogP contribution in [-0.4, -0.2) is 19.5 Å². The second-order valence-electron chi connectivity index (χ2n) is 4.78. The van der Waals surface area contributed by atoms with Gasteiger partial charge in [-0.3, -0.25) is 4.79 Å². The van der Waals surface area contributed by atoms with Gasteiger partial charge in [0.15, 0.2) is 0 Å². The summed E-state index contributed by atoms with van der Waals surface area (Å²) in [6.07, 6.45) is 0. The summed E-state index contributed by atoms with van der Waals surface area (Å²) in [7, 11) is 1.64. The second-order valence-corrected chi connectivity index (χ2v) is 5.56. The van der Waals surface area contributed by atoms with Gasteiger partial charge in [-0.15, -0.1) is 0 Å². The van der Waals surface area contributed by atoms with Gasteiger partial charge in [0.2, 0.25) is 5.91 Å². The van der Waals surface area contributed by atoms with Crippen molar-refractivity contribution in [3.63, 3.8) is 0 Å². The van der Waals surface area contributed by atoms with E-state index in [2.05, 4.69) is 10.6 Å². The molecule has 2 N–H and O–H groups in total. The molecule has 3 nitrogen and oxygen atoms in total. The average Bonchev–Trinajstić information content (AvgIpc) is 2.33.